The lowest BCUT2D eigenvalue weighted by atomic mass is 10.1. The molecule has 28 heavy (non-hydrogen) atoms. The van der Waals surface area contributed by atoms with Gasteiger partial charge in [-0.2, -0.15) is 5.10 Å². The van der Waals surface area contributed by atoms with E-state index >= 15 is 0 Å². The Labute approximate surface area is 164 Å². The first kappa shape index (κ1) is 19.8. The summed E-state index contributed by atoms with van der Waals surface area (Å²) in [5.74, 6) is -0.446. The smallest absolute Gasteiger partial charge is 0.251 e. The van der Waals surface area contributed by atoms with Crippen molar-refractivity contribution in [1.82, 2.24) is 20.0 Å². The predicted molar refractivity (Wildman–Crippen MR) is 108 cm³/mol. The molecule has 0 fully saturated rings. The van der Waals surface area contributed by atoms with Gasteiger partial charge in [0.15, 0.2) is 0 Å². The Kier molecular flexibility index (Phi) is 5.90. The van der Waals surface area contributed by atoms with E-state index in [-0.39, 0.29) is 17.8 Å². The van der Waals surface area contributed by atoms with Gasteiger partial charge in [0, 0.05) is 17.8 Å². The van der Waals surface area contributed by atoms with Crippen LogP contribution in [-0.4, -0.2) is 41.2 Å². The molecule has 2 aromatic carbocycles. The minimum absolute atomic E-state index is 0.117. The van der Waals surface area contributed by atoms with Crippen LogP contribution in [0.2, 0.25) is 0 Å². The largest absolute Gasteiger partial charge is 0.350 e. The first-order valence-electron chi connectivity index (χ1n) is 9.19. The molecule has 0 saturated heterocycles. The molecule has 5 nitrogen and oxygen atoms in total. The van der Waals surface area contributed by atoms with Gasteiger partial charge in [-0.1, -0.05) is 12.1 Å². The quantitative estimate of drug-likeness (QED) is 0.710. The fourth-order valence-electron chi connectivity index (χ4n) is 3.25. The number of rotatable bonds is 6. The summed E-state index contributed by atoms with van der Waals surface area (Å²) in [6.45, 7) is 4.33. The maximum atomic E-state index is 13.5. The van der Waals surface area contributed by atoms with Crippen LogP contribution in [0.15, 0.2) is 54.6 Å². The normalized spacial score (nSPS) is 12.2. The second kappa shape index (κ2) is 8.35. The van der Waals surface area contributed by atoms with E-state index in [1.165, 1.54) is 12.1 Å². The fourth-order valence-corrected chi connectivity index (χ4v) is 3.25. The number of amides is 1. The van der Waals surface area contributed by atoms with Gasteiger partial charge in [0.1, 0.15) is 5.82 Å². The Bertz CT molecular complexity index is 963. The average Bonchev–Trinajstić information content (AvgIpc) is 3.00. The zero-order valence-electron chi connectivity index (χ0n) is 16.6. The lowest BCUT2D eigenvalue weighted by molar-refractivity contribution is 0.0942. The van der Waals surface area contributed by atoms with Crippen LogP contribution in [0.1, 0.15) is 33.4 Å². The maximum absolute atomic E-state index is 13.5. The summed E-state index contributed by atoms with van der Waals surface area (Å²) in [4.78, 5) is 14.5. The molecule has 0 bridgehead atoms. The summed E-state index contributed by atoms with van der Waals surface area (Å²) < 4.78 is 15.4. The van der Waals surface area contributed by atoms with Gasteiger partial charge in [0.25, 0.3) is 5.91 Å². The summed E-state index contributed by atoms with van der Waals surface area (Å²) in [6, 6.07) is 15.7. The molecule has 1 atom stereocenters. The molecular weight excluding hydrogens is 355 g/mol. The SMILES string of the molecule is Cc1cc(C)n(-c2ccc(C(=O)NCC(c3cccc(F)c3)N(C)C)cc2)n1. The van der Waals surface area contributed by atoms with Crippen LogP contribution in [0.4, 0.5) is 4.39 Å². The number of nitrogens with one attached hydrogen (secondary N) is 1. The lowest BCUT2D eigenvalue weighted by Gasteiger charge is -2.25. The van der Waals surface area contributed by atoms with Crippen molar-refractivity contribution < 1.29 is 9.18 Å². The molecule has 1 unspecified atom stereocenters. The number of likely N-dealkylation sites (N-methyl/N-ethyl adjacent to an activating group) is 1. The number of aryl methyl sites for hydroxylation is 2. The van der Waals surface area contributed by atoms with E-state index in [4.69, 9.17) is 0 Å². The summed E-state index contributed by atoms with van der Waals surface area (Å²) in [5, 5.41) is 7.40. The topological polar surface area (TPSA) is 50.2 Å². The van der Waals surface area contributed by atoms with Crippen molar-refractivity contribution in [2.75, 3.05) is 20.6 Å². The number of hydrogen-bond acceptors (Lipinski definition) is 3. The molecule has 1 heterocycles. The first-order valence-corrected chi connectivity index (χ1v) is 9.19. The number of benzene rings is 2. The van der Waals surface area contributed by atoms with Crippen molar-refractivity contribution in [2.45, 2.75) is 19.9 Å². The highest BCUT2D eigenvalue weighted by Gasteiger charge is 2.16. The second-order valence-electron chi connectivity index (χ2n) is 7.13. The van der Waals surface area contributed by atoms with Gasteiger partial charge in [-0.3, -0.25) is 4.79 Å². The second-order valence-corrected chi connectivity index (χ2v) is 7.13. The van der Waals surface area contributed by atoms with Gasteiger partial charge in [0.2, 0.25) is 0 Å². The Morgan fingerprint density at radius 3 is 2.43 bits per heavy atom. The highest BCUT2D eigenvalue weighted by molar-refractivity contribution is 5.94. The summed E-state index contributed by atoms with van der Waals surface area (Å²) >= 11 is 0. The Balaban J connectivity index is 1.69. The van der Waals surface area contributed by atoms with Crippen molar-refractivity contribution >= 4 is 5.91 Å². The number of carbonyl (C=O) groups is 1. The third-order valence-corrected chi connectivity index (χ3v) is 4.70. The molecule has 3 rings (SSSR count). The van der Waals surface area contributed by atoms with E-state index in [0.29, 0.717) is 12.1 Å². The standard InChI is InChI=1S/C22H25FN4O/c1-15-12-16(2)27(25-15)20-10-8-17(9-11-20)22(28)24-14-21(26(3)4)18-6-5-7-19(23)13-18/h5-13,21H,14H2,1-4H3,(H,24,28). The predicted octanol–water partition coefficient (Wildman–Crippen LogP) is 3.66. The third-order valence-electron chi connectivity index (χ3n) is 4.70. The van der Waals surface area contributed by atoms with Crippen molar-refractivity contribution in [3.8, 4) is 5.69 Å². The molecule has 1 N–H and O–H groups in total. The summed E-state index contributed by atoms with van der Waals surface area (Å²) in [5.41, 5.74) is 4.30. The van der Waals surface area contributed by atoms with Crippen molar-refractivity contribution in [1.29, 1.82) is 0 Å². The van der Waals surface area contributed by atoms with Crippen molar-refractivity contribution in [2.24, 2.45) is 0 Å². The molecule has 0 spiro atoms. The van der Waals surface area contributed by atoms with Gasteiger partial charge in [-0.15, -0.1) is 0 Å². The van der Waals surface area contributed by atoms with Crippen LogP contribution < -0.4 is 5.32 Å². The molecule has 1 aromatic heterocycles. The molecule has 0 aliphatic rings. The minimum atomic E-state index is -0.282. The average molecular weight is 380 g/mol. The molecule has 0 aliphatic carbocycles. The van der Waals surface area contributed by atoms with E-state index < -0.39 is 0 Å². The van der Waals surface area contributed by atoms with Gasteiger partial charge in [-0.25, -0.2) is 9.07 Å². The van der Waals surface area contributed by atoms with Crippen LogP contribution in [0, 0.1) is 19.7 Å². The van der Waals surface area contributed by atoms with Crippen LogP contribution in [-0.2, 0) is 0 Å². The molecule has 146 valence electrons. The molecule has 1 amide bonds. The van der Waals surface area contributed by atoms with Crippen LogP contribution in [0.25, 0.3) is 5.69 Å². The molecule has 3 aromatic rings. The number of carbonyl (C=O) groups excluding carboxylic acids is 1. The Morgan fingerprint density at radius 2 is 1.86 bits per heavy atom. The molecule has 0 radical (unpaired) electrons. The maximum Gasteiger partial charge on any atom is 0.251 e. The number of hydrogen-bond donors (Lipinski definition) is 1. The fraction of sp³-hybridized carbons (Fsp3) is 0.273. The van der Waals surface area contributed by atoms with E-state index in [1.54, 1.807) is 18.2 Å². The Morgan fingerprint density at radius 1 is 1.14 bits per heavy atom. The molecule has 6 heteroatoms. The summed E-state index contributed by atoms with van der Waals surface area (Å²) in [6.07, 6.45) is 0. The Hall–Kier alpha value is -2.99. The van der Waals surface area contributed by atoms with E-state index in [2.05, 4.69) is 10.4 Å². The van der Waals surface area contributed by atoms with Crippen LogP contribution in [0.3, 0.4) is 0 Å². The van der Waals surface area contributed by atoms with Gasteiger partial charge in [0.05, 0.1) is 17.4 Å². The van der Waals surface area contributed by atoms with E-state index in [9.17, 15) is 9.18 Å². The highest BCUT2D eigenvalue weighted by atomic mass is 19.1. The number of nitrogens with zero attached hydrogens (tertiary/aromatic N) is 3. The van der Waals surface area contributed by atoms with Crippen molar-refractivity contribution in [3.63, 3.8) is 0 Å². The van der Waals surface area contributed by atoms with Crippen LogP contribution >= 0.6 is 0 Å². The number of halogens is 1. The molecular formula is C22H25FN4O. The van der Waals surface area contributed by atoms with Gasteiger partial charge < -0.3 is 10.2 Å². The zero-order chi connectivity index (χ0) is 20.3. The minimum Gasteiger partial charge on any atom is -0.350 e. The number of aromatic nitrogens is 2. The van der Waals surface area contributed by atoms with Gasteiger partial charge in [-0.05, 0) is 76.0 Å². The van der Waals surface area contributed by atoms with E-state index in [0.717, 1.165) is 22.6 Å². The van der Waals surface area contributed by atoms with Crippen LogP contribution in [0.5, 0.6) is 0 Å². The lowest BCUT2D eigenvalue weighted by Crippen LogP contribution is -2.34. The summed E-state index contributed by atoms with van der Waals surface area (Å²) in [7, 11) is 3.82. The van der Waals surface area contributed by atoms with Crippen molar-refractivity contribution in [3.05, 3.63) is 82.9 Å². The highest BCUT2D eigenvalue weighted by Crippen LogP contribution is 2.19. The first-order chi connectivity index (χ1) is 13.3. The monoisotopic (exact) mass is 380 g/mol. The molecule has 0 saturated carbocycles. The zero-order valence-corrected chi connectivity index (χ0v) is 16.6. The molecule has 0 aliphatic heterocycles. The van der Waals surface area contributed by atoms with Gasteiger partial charge >= 0.3 is 0 Å². The third kappa shape index (κ3) is 4.46. The van der Waals surface area contributed by atoms with E-state index in [1.807, 2.05) is 61.8 Å².